The van der Waals surface area contributed by atoms with Gasteiger partial charge in [-0.3, -0.25) is 0 Å². The normalized spacial score (nSPS) is 11.1. The molecule has 0 saturated heterocycles. The van der Waals surface area contributed by atoms with E-state index in [0.29, 0.717) is 0 Å². The molecule has 0 amide bonds. The fraction of sp³-hybridized carbons (Fsp3) is 0.105. The van der Waals surface area contributed by atoms with Crippen LogP contribution in [-0.2, 0) is 0 Å². The van der Waals surface area contributed by atoms with Crippen molar-refractivity contribution >= 4 is 23.1 Å². The van der Waals surface area contributed by atoms with Crippen LogP contribution in [0.2, 0.25) is 0 Å². The van der Waals surface area contributed by atoms with E-state index in [1.54, 1.807) is 7.11 Å². The number of methoxy groups -OCH3 is 1. The molecule has 0 aliphatic carbocycles. The highest BCUT2D eigenvalue weighted by Crippen LogP contribution is 2.22. The first-order valence-electron chi connectivity index (χ1n) is 6.95. The Morgan fingerprint density at radius 3 is 2.67 bits per heavy atom. The van der Waals surface area contributed by atoms with E-state index in [1.165, 1.54) is 5.56 Å². The van der Waals surface area contributed by atoms with Gasteiger partial charge in [-0.2, -0.15) is 0 Å². The third kappa shape index (κ3) is 2.95. The average molecular weight is 275 g/mol. The zero-order valence-corrected chi connectivity index (χ0v) is 12.2. The maximum absolute atomic E-state index is 5.39. The molecule has 0 radical (unpaired) electrons. The molecule has 0 bridgehead atoms. The summed E-state index contributed by atoms with van der Waals surface area (Å²) in [7, 11) is 1.69. The summed E-state index contributed by atoms with van der Waals surface area (Å²) in [6.45, 7) is 2.07. The Hall–Kier alpha value is -2.61. The van der Waals surface area contributed by atoms with Gasteiger partial charge in [-0.05, 0) is 43.3 Å². The number of fused-ring (bicyclic) bond motifs is 1. The highest BCUT2D eigenvalue weighted by atomic mass is 16.5. The summed E-state index contributed by atoms with van der Waals surface area (Å²) in [6, 6.07) is 18.4. The maximum Gasteiger partial charge on any atom is 0.126 e. The second kappa shape index (κ2) is 5.80. The van der Waals surface area contributed by atoms with E-state index in [2.05, 4.69) is 30.1 Å². The number of benzene rings is 2. The number of ether oxygens (including phenoxy) is 1. The van der Waals surface area contributed by atoms with Crippen LogP contribution in [0, 0.1) is 6.92 Å². The zero-order valence-electron chi connectivity index (χ0n) is 12.2. The SMILES string of the molecule is COc1ccc(C)cc1/C=C/c1ccc2ccccc2n1. The molecule has 0 spiro atoms. The number of rotatable bonds is 3. The lowest BCUT2D eigenvalue weighted by Gasteiger charge is -2.05. The van der Waals surface area contributed by atoms with Gasteiger partial charge in [0.05, 0.1) is 18.3 Å². The number of para-hydroxylation sites is 1. The number of hydrogen-bond donors (Lipinski definition) is 0. The molecule has 3 aromatic rings. The van der Waals surface area contributed by atoms with Crippen molar-refractivity contribution in [1.82, 2.24) is 4.98 Å². The summed E-state index contributed by atoms with van der Waals surface area (Å²) < 4.78 is 5.39. The maximum atomic E-state index is 5.39. The van der Waals surface area contributed by atoms with Gasteiger partial charge in [0.25, 0.3) is 0 Å². The predicted molar refractivity (Wildman–Crippen MR) is 88.4 cm³/mol. The summed E-state index contributed by atoms with van der Waals surface area (Å²) in [5.74, 6) is 0.873. The molecule has 2 nitrogen and oxygen atoms in total. The van der Waals surface area contributed by atoms with E-state index in [4.69, 9.17) is 4.74 Å². The van der Waals surface area contributed by atoms with Crippen molar-refractivity contribution < 1.29 is 4.74 Å². The van der Waals surface area contributed by atoms with Gasteiger partial charge in [0.1, 0.15) is 5.75 Å². The highest BCUT2D eigenvalue weighted by Gasteiger charge is 2.00. The first-order valence-corrected chi connectivity index (χ1v) is 6.95. The minimum atomic E-state index is 0.873. The molecule has 0 aliphatic rings. The Labute approximate surface area is 124 Å². The van der Waals surface area contributed by atoms with Crippen LogP contribution in [0.1, 0.15) is 16.8 Å². The molecule has 0 atom stereocenters. The fourth-order valence-corrected chi connectivity index (χ4v) is 2.33. The molecular formula is C19H17NO. The van der Waals surface area contributed by atoms with Gasteiger partial charge in [-0.1, -0.05) is 35.9 Å². The molecule has 0 fully saturated rings. The van der Waals surface area contributed by atoms with Crippen LogP contribution in [-0.4, -0.2) is 12.1 Å². The lowest BCUT2D eigenvalue weighted by molar-refractivity contribution is 0.414. The molecule has 21 heavy (non-hydrogen) atoms. The van der Waals surface area contributed by atoms with Crippen LogP contribution in [0.25, 0.3) is 23.1 Å². The smallest absolute Gasteiger partial charge is 0.126 e. The monoisotopic (exact) mass is 275 g/mol. The van der Waals surface area contributed by atoms with Crippen molar-refractivity contribution in [3.63, 3.8) is 0 Å². The molecule has 0 aliphatic heterocycles. The van der Waals surface area contributed by atoms with Gasteiger partial charge in [0.15, 0.2) is 0 Å². The number of nitrogens with zero attached hydrogens (tertiary/aromatic N) is 1. The standard InChI is InChI=1S/C19H17NO/c1-14-7-12-19(21-2)16(13-14)9-11-17-10-8-15-5-3-4-6-18(15)20-17/h3-13H,1-2H3/b11-9+. The molecule has 3 rings (SSSR count). The van der Waals surface area contributed by atoms with Crippen molar-refractivity contribution in [1.29, 1.82) is 0 Å². The molecule has 2 aromatic carbocycles. The number of aromatic nitrogens is 1. The summed E-state index contributed by atoms with van der Waals surface area (Å²) in [5.41, 5.74) is 4.22. The predicted octanol–water partition coefficient (Wildman–Crippen LogP) is 4.72. The Bertz CT molecular complexity index is 806. The second-order valence-corrected chi connectivity index (χ2v) is 5.01. The van der Waals surface area contributed by atoms with Crippen LogP contribution in [0.5, 0.6) is 5.75 Å². The molecule has 0 saturated carbocycles. The van der Waals surface area contributed by atoms with Gasteiger partial charge in [0.2, 0.25) is 0 Å². The van der Waals surface area contributed by atoms with Crippen molar-refractivity contribution in [3.05, 3.63) is 71.4 Å². The summed E-state index contributed by atoms with van der Waals surface area (Å²) in [4.78, 5) is 4.64. The molecule has 1 aromatic heterocycles. The van der Waals surface area contributed by atoms with Gasteiger partial charge in [-0.25, -0.2) is 4.98 Å². The first-order chi connectivity index (χ1) is 10.3. The molecule has 0 unspecified atom stereocenters. The molecule has 2 heteroatoms. The molecule has 0 N–H and O–H groups in total. The van der Waals surface area contributed by atoms with Crippen molar-refractivity contribution in [2.45, 2.75) is 6.92 Å². The van der Waals surface area contributed by atoms with E-state index in [-0.39, 0.29) is 0 Å². The van der Waals surface area contributed by atoms with Gasteiger partial charge < -0.3 is 4.74 Å². The largest absolute Gasteiger partial charge is 0.496 e. The van der Waals surface area contributed by atoms with Crippen molar-refractivity contribution in [2.75, 3.05) is 7.11 Å². The highest BCUT2D eigenvalue weighted by molar-refractivity contribution is 5.81. The van der Waals surface area contributed by atoms with Gasteiger partial charge in [0, 0.05) is 10.9 Å². The summed E-state index contributed by atoms with van der Waals surface area (Å²) >= 11 is 0. The average Bonchev–Trinajstić information content (AvgIpc) is 2.53. The van der Waals surface area contributed by atoms with E-state index in [9.17, 15) is 0 Å². The second-order valence-electron chi connectivity index (χ2n) is 5.01. The Morgan fingerprint density at radius 1 is 0.952 bits per heavy atom. The van der Waals surface area contributed by atoms with Crippen LogP contribution < -0.4 is 4.74 Å². The zero-order chi connectivity index (χ0) is 14.7. The third-order valence-electron chi connectivity index (χ3n) is 3.44. The number of aryl methyl sites for hydroxylation is 1. The number of pyridine rings is 1. The quantitative estimate of drug-likeness (QED) is 0.690. The Kier molecular flexibility index (Phi) is 3.69. The summed E-state index contributed by atoms with van der Waals surface area (Å²) in [6.07, 6.45) is 4.06. The van der Waals surface area contributed by atoms with Crippen LogP contribution in [0.3, 0.4) is 0 Å². The summed E-state index contributed by atoms with van der Waals surface area (Å²) in [5, 5.41) is 1.16. The Morgan fingerprint density at radius 2 is 1.81 bits per heavy atom. The van der Waals surface area contributed by atoms with Crippen LogP contribution in [0.4, 0.5) is 0 Å². The van der Waals surface area contributed by atoms with E-state index in [0.717, 1.165) is 27.9 Å². The first kappa shape index (κ1) is 13.4. The lowest BCUT2D eigenvalue weighted by atomic mass is 10.1. The third-order valence-corrected chi connectivity index (χ3v) is 3.44. The van der Waals surface area contributed by atoms with Crippen molar-refractivity contribution in [3.8, 4) is 5.75 Å². The minimum absolute atomic E-state index is 0.873. The Balaban J connectivity index is 1.96. The van der Waals surface area contributed by atoms with E-state index in [1.807, 2.05) is 48.6 Å². The molecule has 104 valence electrons. The van der Waals surface area contributed by atoms with Crippen LogP contribution in [0.15, 0.2) is 54.6 Å². The van der Waals surface area contributed by atoms with E-state index < -0.39 is 0 Å². The topological polar surface area (TPSA) is 22.1 Å². The van der Waals surface area contributed by atoms with E-state index >= 15 is 0 Å². The van der Waals surface area contributed by atoms with Gasteiger partial charge in [-0.15, -0.1) is 0 Å². The molecule has 1 heterocycles. The minimum Gasteiger partial charge on any atom is -0.496 e. The lowest BCUT2D eigenvalue weighted by Crippen LogP contribution is -1.88. The molecular weight excluding hydrogens is 258 g/mol. The van der Waals surface area contributed by atoms with Gasteiger partial charge >= 0.3 is 0 Å². The van der Waals surface area contributed by atoms with Crippen LogP contribution >= 0.6 is 0 Å². The number of hydrogen-bond acceptors (Lipinski definition) is 2. The fourth-order valence-electron chi connectivity index (χ4n) is 2.33. The van der Waals surface area contributed by atoms with Crippen molar-refractivity contribution in [2.24, 2.45) is 0 Å².